The molecule has 0 aliphatic carbocycles. The maximum absolute atomic E-state index is 13.4. The van der Waals surface area contributed by atoms with Gasteiger partial charge in [0.2, 0.25) is 0 Å². The molecule has 0 aliphatic heterocycles. The number of benzene rings is 1. The summed E-state index contributed by atoms with van der Waals surface area (Å²) in [5.74, 6) is -0.834. The number of nitrogen functional groups attached to an aromatic ring is 1. The van der Waals surface area contributed by atoms with Gasteiger partial charge in [-0.25, -0.2) is 9.18 Å². The molecule has 1 aromatic rings. The molecular formula is C12H11FN2O3. The van der Waals surface area contributed by atoms with E-state index in [0.717, 1.165) is 6.07 Å². The number of terminal acetylenes is 1. The van der Waals surface area contributed by atoms with Crippen LogP contribution in [0.4, 0.5) is 10.1 Å². The molecule has 0 saturated heterocycles. The average Bonchev–Trinajstić information content (AvgIpc) is 2.27. The normalized spacial score (nSPS) is 11.3. The van der Waals surface area contributed by atoms with Crippen LogP contribution in [0.2, 0.25) is 0 Å². The van der Waals surface area contributed by atoms with Crippen LogP contribution in [0.15, 0.2) is 18.2 Å². The summed E-state index contributed by atoms with van der Waals surface area (Å²) in [4.78, 5) is 22.4. The zero-order chi connectivity index (χ0) is 13.7. The third-order valence-electron chi connectivity index (χ3n) is 2.16. The number of rotatable bonds is 4. The second-order valence-electron chi connectivity index (χ2n) is 3.51. The lowest BCUT2D eigenvalue weighted by Crippen LogP contribution is -2.40. The van der Waals surface area contributed by atoms with Crippen LogP contribution in [0.3, 0.4) is 0 Å². The molecule has 0 saturated carbocycles. The zero-order valence-corrected chi connectivity index (χ0v) is 9.31. The molecule has 0 bridgehead atoms. The van der Waals surface area contributed by atoms with Crippen molar-refractivity contribution in [3.8, 4) is 12.3 Å². The van der Waals surface area contributed by atoms with E-state index in [1.165, 1.54) is 12.1 Å². The molecule has 0 aromatic heterocycles. The number of hydrogen-bond donors (Lipinski definition) is 3. The predicted molar refractivity (Wildman–Crippen MR) is 63.2 cm³/mol. The Morgan fingerprint density at radius 3 is 2.72 bits per heavy atom. The van der Waals surface area contributed by atoms with Crippen molar-refractivity contribution in [3.63, 3.8) is 0 Å². The maximum Gasteiger partial charge on any atom is 0.327 e. The van der Waals surface area contributed by atoms with Gasteiger partial charge in [-0.15, -0.1) is 12.3 Å². The van der Waals surface area contributed by atoms with Gasteiger partial charge < -0.3 is 16.2 Å². The number of carbonyl (C=O) groups is 2. The lowest BCUT2D eigenvalue weighted by molar-refractivity contribution is -0.139. The zero-order valence-electron chi connectivity index (χ0n) is 9.31. The van der Waals surface area contributed by atoms with Gasteiger partial charge in [0, 0.05) is 12.1 Å². The van der Waals surface area contributed by atoms with Gasteiger partial charge in [-0.05, 0) is 18.2 Å². The van der Waals surface area contributed by atoms with Crippen LogP contribution in [0.5, 0.6) is 0 Å². The molecule has 0 fully saturated rings. The van der Waals surface area contributed by atoms with Crippen molar-refractivity contribution >= 4 is 17.6 Å². The van der Waals surface area contributed by atoms with Gasteiger partial charge in [-0.3, -0.25) is 4.79 Å². The molecule has 0 heterocycles. The average molecular weight is 250 g/mol. The lowest BCUT2D eigenvalue weighted by atomic mass is 10.1. The third-order valence-corrected chi connectivity index (χ3v) is 2.16. The number of carboxylic acid groups (broad SMARTS) is 1. The van der Waals surface area contributed by atoms with Crippen molar-refractivity contribution in [2.75, 3.05) is 5.73 Å². The quantitative estimate of drug-likeness (QED) is 0.539. The van der Waals surface area contributed by atoms with Crippen molar-refractivity contribution in [2.24, 2.45) is 0 Å². The second-order valence-corrected chi connectivity index (χ2v) is 3.51. The first kappa shape index (κ1) is 13.5. The molecule has 18 heavy (non-hydrogen) atoms. The Kier molecular flexibility index (Phi) is 4.27. The van der Waals surface area contributed by atoms with Crippen LogP contribution in [0, 0.1) is 18.2 Å². The first-order valence-corrected chi connectivity index (χ1v) is 4.98. The number of carbonyl (C=O) groups excluding carboxylic acids is 1. The monoisotopic (exact) mass is 250 g/mol. The summed E-state index contributed by atoms with van der Waals surface area (Å²) in [7, 11) is 0. The fraction of sp³-hybridized carbons (Fsp3) is 0.167. The minimum Gasteiger partial charge on any atom is -0.480 e. The molecule has 0 aliphatic rings. The Hall–Kier alpha value is -2.55. The van der Waals surface area contributed by atoms with Crippen molar-refractivity contribution < 1.29 is 19.1 Å². The molecule has 6 heteroatoms. The summed E-state index contributed by atoms with van der Waals surface area (Å²) in [5.41, 5.74) is 5.22. The highest BCUT2D eigenvalue weighted by molar-refractivity contribution is 5.97. The maximum atomic E-state index is 13.4. The summed E-state index contributed by atoms with van der Waals surface area (Å²) in [6.45, 7) is 0. The Balaban J connectivity index is 2.87. The largest absolute Gasteiger partial charge is 0.480 e. The van der Waals surface area contributed by atoms with Crippen LogP contribution in [0.1, 0.15) is 16.8 Å². The van der Waals surface area contributed by atoms with Gasteiger partial charge >= 0.3 is 5.97 Å². The number of nitrogens with one attached hydrogen (secondary N) is 1. The molecule has 1 rings (SSSR count). The minimum atomic E-state index is -1.28. The topological polar surface area (TPSA) is 92.4 Å². The van der Waals surface area contributed by atoms with Crippen LogP contribution < -0.4 is 11.1 Å². The molecular weight excluding hydrogens is 239 g/mol. The van der Waals surface area contributed by atoms with Crippen LogP contribution in [0.25, 0.3) is 0 Å². The third kappa shape index (κ3) is 3.22. The van der Waals surface area contributed by atoms with E-state index in [9.17, 15) is 14.0 Å². The highest BCUT2D eigenvalue weighted by atomic mass is 19.1. The lowest BCUT2D eigenvalue weighted by Gasteiger charge is -2.12. The number of halogens is 1. The number of carboxylic acids is 1. The molecule has 0 spiro atoms. The predicted octanol–water partition coefficient (Wildman–Crippen LogP) is 0.614. The summed E-state index contributed by atoms with van der Waals surface area (Å²) in [6, 6.07) is 2.25. The van der Waals surface area contributed by atoms with Gasteiger partial charge in [-0.1, -0.05) is 0 Å². The molecule has 1 atom stereocenters. The number of aliphatic carboxylic acids is 1. The highest BCUT2D eigenvalue weighted by Crippen LogP contribution is 2.12. The summed E-state index contributed by atoms with van der Waals surface area (Å²) in [6.07, 6.45) is 4.79. The van der Waals surface area contributed by atoms with Crippen LogP contribution >= 0.6 is 0 Å². The van der Waals surface area contributed by atoms with Gasteiger partial charge in [0.1, 0.15) is 11.9 Å². The van der Waals surface area contributed by atoms with E-state index >= 15 is 0 Å². The summed E-state index contributed by atoms with van der Waals surface area (Å²) < 4.78 is 13.4. The van der Waals surface area contributed by atoms with Crippen molar-refractivity contribution in [2.45, 2.75) is 12.5 Å². The van der Waals surface area contributed by atoms with Crippen LogP contribution in [-0.2, 0) is 4.79 Å². The fourth-order valence-electron chi connectivity index (χ4n) is 1.27. The summed E-state index contributed by atoms with van der Waals surface area (Å²) in [5, 5.41) is 10.9. The summed E-state index contributed by atoms with van der Waals surface area (Å²) >= 11 is 0. The van der Waals surface area contributed by atoms with Gasteiger partial charge in [-0.2, -0.15) is 0 Å². The number of anilines is 1. The van der Waals surface area contributed by atoms with Crippen molar-refractivity contribution in [1.82, 2.24) is 5.32 Å². The molecule has 0 radical (unpaired) electrons. The standard InChI is InChI=1S/C12H11FN2O3/c1-2-3-10(12(17)18)15-11(16)8-5-4-7(14)6-9(8)13/h1,4-6,10H,3,14H2,(H,15,16)(H,17,18). The second kappa shape index (κ2) is 5.68. The van der Waals surface area contributed by atoms with Gasteiger partial charge in [0.25, 0.3) is 5.91 Å². The Labute approximate surface area is 103 Å². The smallest absolute Gasteiger partial charge is 0.327 e. The van der Waals surface area contributed by atoms with E-state index < -0.39 is 23.7 Å². The van der Waals surface area contributed by atoms with E-state index in [1.807, 2.05) is 0 Å². The van der Waals surface area contributed by atoms with Crippen molar-refractivity contribution in [3.05, 3.63) is 29.6 Å². The minimum absolute atomic E-state index is 0.169. The molecule has 1 amide bonds. The molecule has 4 N–H and O–H groups in total. The van der Waals surface area contributed by atoms with Crippen molar-refractivity contribution in [1.29, 1.82) is 0 Å². The van der Waals surface area contributed by atoms with E-state index in [1.54, 1.807) is 0 Å². The van der Waals surface area contributed by atoms with E-state index in [0.29, 0.717) is 0 Å². The number of nitrogens with two attached hydrogens (primary N) is 1. The Morgan fingerprint density at radius 1 is 1.56 bits per heavy atom. The molecule has 5 nitrogen and oxygen atoms in total. The highest BCUT2D eigenvalue weighted by Gasteiger charge is 2.21. The van der Waals surface area contributed by atoms with Gasteiger partial charge in [0.15, 0.2) is 0 Å². The van der Waals surface area contributed by atoms with Crippen LogP contribution in [-0.4, -0.2) is 23.0 Å². The van der Waals surface area contributed by atoms with E-state index in [2.05, 4.69) is 11.2 Å². The molecule has 94 valence electrons. The number of hydrogen-bond acceptors (Lipinski definition) is 3. The SMILES string of the molecule is C#CCC(NC(=O)c1ccc(N)cc1F)C(=O)O. The number of amides is 1. The first-order chi connectivity index (χ1) is 8.45. The first-order valence-electron chi connectivity index (χ1n) is 4.98. The van der Waals surface area contributed by atoms with E-state index in [4.69, 9.17) is 17.3 Å². The van der Waals surface area contributed by atoms with Gasteiger partial charge in [0.05, 0.1) is 5.56 Å². The molecule has 1 aromatic carbocycles. The fourth-order valence-corrected chi connectivity index (χ4v) is 1.27. The Bertz CT molecular complexity index is 523. The Morgan fingerprint density at radius 2 is 2.22 bits per heavy atom. The molecule has 1 unspecified atom stereocenters. The van der Waals surface area contributed by atoms with E-state index in [-0.39, 0.29) is 17.7 Å².